The largest absolute Gasteiger partial charge is 0.380 e. The minimum absolute atomic E-state index is 0.00837. The van der Waals surface area contributed by atoms with Gasteiger partial charge in [0.2, 0.25) is 0 Å². The Balaban J connectivity index is 1.75. The number of amides is 1. The molecule has 1 aromatic carbocycles. The number of alkyl halides is 2. The summed E-state index contributed by atoms with van der Waals surface area (Å²) in [5.74, 6) is -5.32. The van der Waals surface area contributed by atoms with Crippen LogP contribution in [0.2, 0.25) is 0 Å². The molecule has 1 aliphatic heterocycles. The highest BCUT2D eigenvalue weighted by molar-refractivity contribution is 7.87. The summed E-state index contributed by atoms with van der Waals surface area (Å²) in [7, 11) is -1.98. The fourth-order valence-corrected chi connectivity index (χ4v) is 5.40. The average Bonchev–Trinajstić information content (AvgIpc) is 3.02. The third-order valence-electron chi connectivity index (χ3n) is 6.79. The molecule has 2 aromatic rings. The van der Waals surface area contributed by atoms with Gasteiger partial charge in [-0.05, 0) is 55.9 Å². The van der Waals surface area contributed by atoms with Crippen molar-refractivity contribution in [2.75, 3.05) is 20.6 Å². The maximum Gasteiger partial charge on any atom is 0.283 e. The number of carbonyl (C=O) groups is 1. The van der Waals surface area contributed by atoms with Crippen LogP contribution in [0.3, 0.4) is 0 Å². The van der Waals surface area contributed by atoms with Crippen molar-refractivity contribution >= 4 is 16.1 Å². The predicted molar refractivity (Wildman–Crippen MR) is 125 cm³/mol. The van der Waals surface area contributed by atoms with Crippen LogP contribution < -0.4 is 4.72 Å². The van der Waals surface area contributed by atoms with Crippen LogP contribution in [0.5, 0.6) is 0 Å². The van der Waals surface area contributed by atoms with Gasteiger partial charge in [-0.1, -0.05) is 12.1 Å². The summed E-state index contributed by atoms with van der Waals surface area (Å²) in [5, 5.41) is 18.4. The van der Waals surface area contributed by atoms with Gasteiger partial charge in [-0.2, -0.15) is 27.6 Å². The molecule has 2 heterocycles. The lowest BCUT2D eigenvalue weighted by molar-refractivity contribution is -0.162. The van der Waals surface area contributed by atoms with E-state index in [1.165, 1.54) is 38.5 Å². The number of halogens is 3. The highest BCUT2D eigenvalue weighted by Crippen LogP contribution is 2.41. The molecule has 9 nitrogen and oxygen atoms in total. The van der Waals surface area contributed by atoms with E-state index in [4.69, 9.17) is 0 Å². The van der Waals surface area contributed by atoms with E-state index < -0.39 is 58.5 Å². The van der Waals surface area contributed by atoms with Gasteiger partial charge in [0.25, 0.3) is 22.0 Å². The molecule has 0 bridgehead atoms. The van der Waals surface area contributed by atoms with E-state index in [1.54, 1.807) is 13.0 Å². The number of hydrogen-bond acceptors (Lipinski definition) is 6. The Kier molecular flexibility index (Phi) is 6.88. The number of likely N-dealkylation sites (tertiary alicyclic amines) is 1. The SMILES string of the molecule is Cc1cnnc(-c2cccc(C[C@H]3[C@@H](NS(=O)(=O)N(C)C)C(F)(F)CN3C(=O)C3(O)CCC3)c2F)c1. The molecule has 196 valence electrons. The average molecular weight is 528 g/mol. The Labute approximate surface area is 207 Å². The molecule has 0 unspecified atom stereocenters. The van der Waals surface area contributed by atoms with Crippen LogP contribution in [0.15, 0.2) is 30.5 Å². The second kappa shape index (κ2) is 9.36. The van der Waals surface area contributed by atoms with Crippen LogP contribution in [-0.2, 0) is 21.4 Å². The van der Waals surface area contributed by atoms with E-state index in [-0.39, 0.29) is 29.7 Å². The zero-order valence-corrected chi connectivity index (χ0v) is 20.9. The lowest BCUT2D eigenvalue weighted by atomic mass is 9.79. The van der Waals surface area contributed by atoms with Crippen LogP contribution in [0.25, 0.3) is 11.3 Å². The number of rotatable bonds is 7. The lowest BCUT2D eigenvalue weighted by Gasteiger charge is -2.40. The summed E-state index contributed by atoms with van der Waals surface area (Å²) in [6, 6.07) is 2.50. The van der Waals surface area contributed by atoms with Gasteiger partial charge < -0.3 is 10.0 Å². The van der Waals surface area contributed by atoms with Gasteiger partial charge in [0, 0.05) is 19.7 Å². The third-order valence-corrected chi connectivity index (χ3v) is 8.31. The number of aromatic nitrogens is 2. The number of hydrogen-bond donors (Lipinski definition) is 2. The zero-order valence-electron chi connectivity index (χ0n) is 20.1. The molecule has 2 atom stereocenters. The lowest BCUT2D eigenvalue weighted by Crippen LogP contribution is -2.58. The number of benzene rings is 1. The smallest absolute Gasteiger partial charge is 0.283 e. The van der Waals surface area contributed by atoms with Crippen molar-refractivity contribution < 1.29 is 31.5 Å². The molecule has 2 N–H and O–H groups in total. The van der Waals surface area contributed by atoms with Gasteiger partial charge in [-0.25, -0.2) is 13.2 Å². The van der Waals surface area contributed by atoms with Crippen LogP contribution in [0.4, 0.5) is 13.2 Å². The van der Waals surface area contributed by atoms with Crippen LogP contribution >= 0.6 is 0 Å². The maximum atomic E-state index is 15.6. The van der Waals surface area contributed by atoms with Crippen molar-refractivity contribution in [1.29, 1.82) is 0 Å². The molecular formula is C23H28F3N5O4S. The number of nitrogens with zero attached hydrogens (tertiary/aromatic N) is 4. The molecule has 2 fully saturated rings. The molecule has 2 aliphatic rings. The van der Waals surface area contributed by atoms with E-state index in [1.807, 2.05) is 4.72 Å². The molecule has 1 aromatic heterocycles. The van der Waals surface area contributed by atoms with Crippen molar-refractivity contribution in [2.45, 2.75) is 56.2 Å². The van der Waals surface area contributed by atoms with Crippen LogP contribution in [-0.4, -0.2) is 83.1 Å². The number of aryl methyl sites for hydroxylation is 1. The number of carbonyl (C=O) groups excluding carboxylic acids is 1. The first-order chi connectivity index (χ1) is 16.7. The predicted octanol–water partition coefficient (Wildman–Crippen LogP) is 1.66. The fraction of sp³-hybridized carbons (Fsp3) is 0.522. The van der Waals surface area contributed by atoms with E-state index in [0.29, 0.717) is 6.42 Å². The number of nitrogens with one attached hydrogen (secondary N) is 1. The molecule has 1 aliphatic carbocycles. The van der Waals surface area contributed by atoms with E-state index >= 15 is 13.2 Å². The Morgan fingerprint density at radius 1 is 1.31 bits per heavy atom. The molecular weight excluding hydrogens is 499 g/mol. The Hall–Kier alpha value is -2.61. The Morgan fingerprint density at radius 3 is 2.58 bits per heavy atom. The summed E-state index contributed by atoms with van der Waals surface area (Å²) in [5.41, 5.74) is -0.724. The molecule has 0 spiro atoms. The highest BCUT2D eigenvalue weighted by Gasteiger charge is 2.60. The monoisotopic (exact) mass is 527 g/mol. The summed E-state index contributed by atoms with van der Waals surface area (Å²) < 4.78 is 73.8. The molecule has 1 saturated heterocycles. The van der Waals surface area contributed by atoms with Gasteiger partial charge in [0.1, 0.15) is 17.5 Å². The summed E-state index contributed by atoms with van der Waals surface area (Å²) in [4.78, 5) is 13.9. The quantitative estimate of drug-likeness (QED) is 0.566. The van der Waals surface area contributed by atoms with Gasteiger partial charge in [-0.15, -0.1) is 0 Å². The van der Waals surface area contributed by atoms with Crippen molar-refractivity contribution in [3.8, 4) is 11.3 Å². The summed E-state index contributed by atoms with van der Waals surface area (Å²) in [6.45, 7) is 0.654. The Bertz CT molecular complexity index is 1270. The van der Waals surface area contributed by atoms with Crippen molar-refractivity contribution in [1.82, 2.24) is 24.1 Å². The summed E-state index contributed by atoms with van der Waals surface area (Å²) in [6.07, 6.45) is 1.87. The molecule has 1 amide bonds. The molecule has 4 rings (SSSR count). The van der Waals surface area contributed by atoms with Gasteiger partial charge >= 0.3 is 0 Å². The Morgan fingerprint density at radius 2 is 2.00 bits per heavy atom. The first-order valence-electron chi connectivity index (χ1n) is 11.4. The molecule has 13 heteroatoms. The molecule has 0 radical (unpaired) electrons. The van der Waals surface area contributed by atoms with Crippen molar-refractivity contribution in [2.24, 2.45) is 0 Å². The normalized spacial score (nSPS) is 23.1. The van der Waals surface area contributed by atoms with Crippen molar-refractivity contribution in [3.05, 3.63) is 47.4 Å². The van der Waals surface area contributed by atoms with Gasteiger partial charge in [0.15, 0.2) is 0 Å². The maximum absolute atomic E-state index is 15.6. The standard InChI is InChI=1S/C23H28F3N5O4S/c1-14-10-17(28-27-12-14)16-7-4-6-15(19(16)24)11-18-20(29-36(34,35)30(2)3)23(25,26)13-31(18)21(32)22(33)8-5-9-22/h4,6-7,10,12,18,20,29,33H,5,8-9,11,13H2,1-3H3/t18-,20+/m0/s1. The second-order valence-electron chi connectivity index (χ2n) is 9.63. The molecule has 36 heavy (non-hydrogen) atoms. The molecule has 1 saturated carbocycles. The second-order valence-corrected chi connectivity index (χ2v) is 11.5. The van der Waals surface area contributed by atoms with Crippen LogP contribution in [0.1, 0.15) is 30.4 Å². The zero-order chi connectivity index (χ0) is 26.5. The highest BCUT2D eigenvalue weighted by atomic mass is 32.2. The van der Waals surface area contributed by atoms with Gasteiger partial charge in [0.05, 0.1) is 24.5 Å². The van der Waals surface area contributed by atoms with Crippen molar-refractivity contribution in [3.63, 3.8) is 0 Å². The fourth-order valence-electron chi connectivity index (χ4n) is 4.53. The minimum Gasteiger partial charge on any atom is -0.380 e. The minimum atomic E-state index is -4.33. The first-order valence-corrected chi connectivity index (χ1v) is 12.9. The van der Waals surface area contributed by atoms with Crippen LogP contribution in [0, 0.1) is 12.7 Å². The topological polar surface area (TPSA) is 116 Å². The van der Waals surface area contributed by atoms with E-state index in [0.717, 1.165) is 14.8 Å². The summed E-state index contributed by atoms with van der Waals surface area (Å²) >= 11 is 0. The first kappa shape index (κ1) is 26.5. The van der Waals surface area contributed by atoms with E-state index in [2.05, 4.69) is 10.2 Å². The van der Waals surface area contributed by atoms with Gasteiger partial charge in [-0.3, -0.25) is 4.79 Å². The number of aliphatic hydroxyl groups is 1. The van der Waals surface area contributed by atoms with E-state index in [9.17, 15) is 18.3 Å². The third kappa shape index (κ3) is 4.84.